The van der Waals surface area contributed by atoms with Gasteiger partial charge in [-0.25, -0.2) is 0 Å². The van der Waals surface area contributed by atoms with Crippen LogP contribution in [-0.2, 0) is 14.3 Å². The van der Waals surface area contributed by atoms with Crippen LogP contribution in [0.1, 0.15) is 6.92 Å². The lowest BCUT2D eigenvalue weighted by molar-refractivity contribution is -0.138. The summed E-state index contributed by atoms with van der Waals surface area (Å²) in [5.74, 6) is -1.52. The molecule has 0 rings (SSSR count). The highest BCUT2D eigenvalue weighted by Crippen LogP contribution is 1.88. The van der Waals surface area contributed by atoms with E-state index >= 15 is 0 Å². The lowest BCUT2D eigenvalue weighted by Crippen LogP contribution is -2.39. The second-order valence-corrected chi connectivity index (χ2v) is 2.77. The normalized spacial score (nSPS) is 10.4. The van der Waals surface area contributed by atoms with Crippen molar-refractivity contribution < 1.29 is 19.4 Å². The maximum absolute atomic E-state index is 10.6. The molecule has 0 fully saturated rings. The van der Waals surface area contributed by atoms with E-state index in [0.29, 0.717) is 19.8 Å². The number of carbonyl (C=O) groups is 2. The first-order valence-corrected chi connectivity index (χ1v) is 4.36. The summed E-state index contributed by atoms with van der Waals surface area (Å²) in [7, 11) is 0. The molecule has 0 unspecified atom stereocenters. The standard InChI is InChI=1S/C8H16N2O4/c1-2-14-4-3-10(5-7(9)11)6-8(12)13/h2-6H2,1H3,(H2,9,11)(H,12,13). The molecule has 0 bridgehead atoms. The summed E-state index contributed by atoms with van der Waals surface area (Å²) in [5, 5.41) is 8.52. The van der Waals surface area contributed by atoms with Gasteiger partial charge in [0.2, 0.25) is 5.91 Å². The Morgan fingerprint density at radius 3 is 2.50 bits per heavy atom. The van der Waals surface area contributed by atoms with Crippen molar-refractivity contribution in [3.8, 4) is 0 Å². The fourth-order valence-electron chi connectivity index (χ4n) is 0.964. The topological polar surface area (TPSA) is 92.9 Å². The van der Waals surface area contributed by atoms with Crippen LogP contribution in [0.2, 0.25) is 0 Å². The van der Waals surface area contributed by atoms with Crippen LogP contribution in [0, 0.1) is 0 Å². The van der Waals surface area contributed by atoms with Gasteiger partial charge in [0.25, 0.3) is 0 Å². The Morgan fingerprint density at radius 2 is 2.07 bits per heavy atom. The van der Waals surface area contributed by atoms with Crippen LogP contribution in [0.15, 0.2) is 0 Å². The molecular weight excluding hydrogens is 188 g/mol. The number of rotatable bonds is 8. The van der Waals surface area contributed by atoms with Crippen molar-refractivity contribution in [1.29, 1.82) is 0 Å². The molecule has 0 saturated carbocycles. The zero-order chi connectivity index (χ0) is 11.0. The number of carbonyl (C=O) groups excluding carboxylic acids is 1. The molecule has 1 amide bonds. The number of primary amides is 1. The average molecular weight is 204 g/mol. The Balaban J connectivity index is 3.84. The van der Waals surface area contributed by atoms with Gasteiger partial charge in [0.1, 0.15) is 0 Å². The fourth-order valence-corrected chi connectivity index (χ4v) is 0.964. The summed E-state index contributed by atoms with van der Waals surface area (Å²) in [6.45, 7) is 2.95. The van der Waals surface area contributed by atoms with Gasteiger partial charge in [-0.15, -0.1) is 0 Å². The molecule has 6 heteroatoms. The highest BCUT2D eigenvalue weighted by molar-refractivity contribution is 5.77. The number of ether oxygens (including phenoxy) is 1. The highest BCUT2D eigenvalue weighted by Gasteiger charge is 2.11. The molecule has 0 atom stereocenters. The third-order valence-electron chi connectivity index (χ3n) is 1.49. The molecule has 0 aromatic carbocycles. The Labute approximate surface area is 82.6 Å². The van der Waals surface area contributed by atoms with Gasteiger partial charge in [-0.2, -0.15) is 0 Å². The van der Waals surface area contributed by atoms with Gasteiger partial charge in [-0.3, -0.25) is 14.5 Å². The number of hydrogen-bond donors (Lipinski definition) is 2. The van der Waals surface area contributed by atoms with E-state index in [2.05, 4.69) is 0 Å². The van der Waals surface area contributed by atoms with E-state index in [1.54, 1.807) is 0 Å². The largest absolute Gasteiger partial charge is 0.480 e. The summed E-state index contributed by atoms with van der Waals surface area (Å²) < 4.78 is 5.04. The number of aliphatic carboxylic acids is 1. The summed E-state index contributed by atoms with van der Waals surface area (Å²) in [6, 6.07) is 0. The Kier molecular flexibility index (Phi) is 6.69. The van der Waals surface area contributed by atoms with Gasteiger partial charge < -0.3 is 15.6 Å². The highest BCUT2D eigenvalue weighted by atomic mass is 16.5. The summed E-state index contributed by atoms with van der Waals surface area (Å²) in [6.07, 6.45) is 0. The molecule has 0 aromatic heterocycles. The molecule has 0 spiro atoms. The van der Waals surface area contributed by atoms with E-state index < -0.39 is 11.9 Å². The molecule has 0 aromatic rings. The quantitative estimate of drug-likeness (QED) is 0.489. The molecule has 82 valence electrons. The van der Waals surface area contributed by atoms with Gasteiger partial charge >= 0.3 is 5.97 Å². The average Bonchev–Trinajstić information content (AvgIpc) is 2.02. The van der Waals surface area contributed by atoms with Crippen molar-refractivity contribution >= 4 is 11.9 Å². The second-order valence-electron chi connectivity index (χ2n) is 2.77. The van der Waals surface area contributed by atoms with E-state index in [9.17, 15) is 9.59 Å². The molecule has 0 heterocycles. The lowest BCUT2D eigenvalue weighted by Gasteiger charge is -2.17. The monoisotopic (exact) mass is 204 g/mol. The van der Waals surface area contributed by atoms with Crippen LogP contribution in [0.5, 0.6) is 0 Å². The number of nitrogens with zero attached hydrogens (tertiary/aromatic N) is 1. The van der Waals surface area contributed by atoms with Crippen LogP contribution in [0.25, 0.3) is 0 Å². The minimum absolute atomic E-state index is 0.0562. The number of carboxylic acid groups (broad SMARTS) is 1. The van der Waals surface area contributed by atoms with E-state index in [-0.39, 0.29) is 13.1 Å². The van der Waals surface area contributed by atoms with Crippen LogP contribution in [0.4, 0.5) is 0 Å². The Bertz CT molecular complexity index is 180. The number of hydrogen-bond acceptors (Lipinski definition) is 4. The lowest BCUT2D eigenvalue weighted by atomic mass is 10.4. The van der Waals surface area contributed by atoms with Gasteiger partial charge in [-0.05, 0) is 6.92 Å². The van der Waals surface area contributed by atoms with Crippen LogP contribution < -0.4 is 5.73 Å². The summed E-state index contributed by atoms with van der Waals surface area (Å²) in [5.41, 5.74) is 4.96. The predicted octanol–water partition coefficient (Wildman–Crippen LogP) is -1.11. The van der Waals surface area contributed by atoms with Crippen LogP contribution >= 0.6 is 0 Å². The molecule has 0 aliphatic rings. The summed E-state index contributed by atoms with van der Waals surface area (Å²) >= 11 is 0. The Hall–Kier alpha value is -1.14. The predicted molar refractivity (Wildman–Crippen MR) is 49.8 cm³/mol. The van der Waals surface area contributed by atoms with Crippen molar-refractivity contribution in [3.05, 3.63) is 0 Å². The maximum Gasteiger partial charge on any atom is 0.317 e. The molecule has 0 aliphatic carbocycles. The van der Waals surface area contributed by atoms with Crippen molar-refractivity contribution in [1.82, 2.24) is 4.90 Å². The third-order valence-corrected chi connectivity index (χ3v) is 1.49. The minimum atomic E-state index is -0.984. The minimum Gasteiger partial charge on any atom is -0.480 e. The molecule has 6 nitrogen and oxygen atoms in total. The third kappa shape index (κ3) is 7.51. The first kappa shape index (κ1) is 12.9. The van der Waals surface area contributed by atoms with Crippen LogP contribution in [0.3, 0.4) is 0 Å². The fraction of sp³-hybridized carbons (Fsp3) is 0.750. The van der Waals surface area contributed by atoms with Gasteiger partial charge in [0.15, 0.2) is 0 Å². The molecule has 0 saturated heterocycles. The second kappa shape index (κ2) is 7.28. The number of nitrogens with two attached hydrogens (primary N) is 1. The first-order chi connectivity index (χ1) is 6.56. The van der Waals surface area contributed by atoms with E-state index in [4.69, 9.17) is 15.6 Å². The maximum atomic E-state index is 10.6. The number of carboxylic acids is 1. The van der Waals surface area contributed by atoms with E-state index in [1.165, 1.54) is 4.90 Å². The van der Waals surface area contributed by atoms with Crippen molar-refractivity contribution in [2.45, 2.75) is 6.92 Å². The first-order valence-electron chi connectivity index (χ1n) is 4.36. The van der Waals surface area contributed by atoms with Crippen molar-refractivity contribution in [2.75, 3.05) is 32.8 Å². The Morgan fingerprint density at radius 1 is 1.43 bits per heavy atom. The molecule has 0 radical (unpaired) electrons. The van der Waals surface area contributed by atoms with E-state index in [0.717, 1.165) is 0 Å². The van der Waals surface area contributed by atoms with E-state index in [1.807, 2.05) is 6.92 Å². The van der Waals surface area contributed by atoms with Gasteiger partial charge in [0, 0.05) is 13.2 Å². The van der Waals surface area contributed by atoms with Crippen molar-refractivity contribution in [3.63, 3.8) is 0 Å². The zero-order valence-electron chi connectivity index (χ0n) is 8.23. The van der Waals surface area contributed by atoms with Gasteiger partial charge in [0.05, 0.1) is 19.7 Å². The molecule has 3 N–H and O–H groups in total. The van der Waals surface area contributed by atoms with Crippen molar-refractivity contribution in [2.24, 2.45) is 5.73 Å². The number of amides is 1. The molecule has 14 heavy (non-hydrogen) atoms. The smallest absolute Gasteiger partial charge is 0.317 e. The van der Waals surface area contributed by atoms with Crippen LogP contribution in [-0.4, -0.2) is 54.7 Å². The summed E-state index contributed by atoms with van der Waals surface area (Å²) in [4.78, 5) is 22.4. The van der Waals surface area contributed by atoms with Gasteiger partial charge in [-0.1, -0.05) is 0 Å². The zero-order valence-corrected chi connectivity index (χ0v) is 8.23. The molecule has 0 aliphatic heterocycles. The SMILES string of the molecule is CCOCCN(CC(N)=O)CC(=O)O. The molecular formula is C8H16N2O4.